The van der Waals surface area contributed by atoms with Crippen LogP contribution in [0.5, 0.6) is 5.75 Å². The molecule has 0 aromatic heterocycles. The van der Waals surface area contributed by atoms with Gasteiger partial charge in [-0.1, -0.05) is 30.3 Å². The molecule has 0 aliphatic carbocycles. The highest BCUT2D eigenvalue weighted by molar-refractivity contribution is 9.10. The number of methoxy groups -OCH3 is 1. The van der Waals surface area contributed by atoms with E-state index in [2.05, 4.69) is 21.2 Å². The van der Waals surface area contributed by atoms with Gasteiger partial charge < -0.3 is 10.1 Å². The minimum atomic E-state index is -0.192. The van der Waals surface area contributed by atoms with E-state index in [1.54, 1.807) is 19.3 Å². The molecule has 2 aromatic carbocycles. The Morgan fingerprint density at radius 1 is 1.20 bits per heavy atom. The molecule has 0 fully saturated rings. The summed E-state index contributed by atoms with van der Waals surface area (Å²) >= 11 is 3.39. The van der Waals surface area contributed by atoms with Gasteiger partial charge in [0.25, 0.3) is 0 Å². The molecule has 0 unspecified atom stereocenters. The molecule has 0 saturated carbocycles. The van der Waals surface area contributed by atoms with Crippen molar-refractivity contribution in [1.82, 2.24) is 0 Å². The van der Waals surface area contributed by atoms with Crippen LogP contribution in [-0.2, 0) is 4.79 Å². The topological polar surface area (TPSA) is 38.3 Å². The predicted molar refractivity (Wildman–Crippen MR) is 84.8 cm³/mol. The first-order chi connectivity index (χ1) is 9.69. The number of carbonyl (C=O) groups is 1. The maximum absolute atomic E-state index is 11.9. The summed E-state index contributed by atoms with van der Waals surface area (Å²) in [4.78, 5) is 11.9. The Kier molecular flexibility index (Phi) is 4.96. The van der Waals surface area contributed by atoms with E-state index < -0.39 is 0 Å². The van der Waals surface area contributed by atoms with Gasteiger partial charge >= 0.3 is 0 Å². The molecule has 3 nitrogen and oxygen atoms in total. The minimum Gasteiger partial charge on any atom is -0.497 e. The Hall–Kier alpha value is -2.07. The van der Waals surface area contributed by atoms with E-state index in [1.165, 1.54) is 6.08 Å². The molecule has 0 spiro atoms. The smallest absolute Gasteiger partial charge is 0.248 e. The molecular weight excluding hydrogens is 318 g/mol. The molecule has 102 valence electrons. The maximum Gasteiger partial charge on any atom is 0.248 e. The molecule has 0 saturated heterocycles. The second kappa shape index (κ2) is 6.91. The third-order valence-electron chi connectivity index (χ3n) is 2.66. The van der Waals surface area contributed by atoms with Gasteiger partial charge in [0.1, 0.15) is 5.75 Å². The summed E-state index contributed by atoms with van der Waals surface area (Å²) in [7, 11) is 1.59. The normalized spacial score (nSPS) is 10.5. The number of nitrogens with one attached hydrogen (secondary N) is 1. The number of anilines is 1. The number of amides is 1. The first-order valence-electron chi connectivity index (χ1n) is 6.06. The zero-order valence-corrected chi connectivity index (χ0v) is 12.6. The second-order valence-electron chi connectivity index (χ2n) is 4.08. The summed E-state index contributed by atoms with van der Waals surface area (Å²) in [5.74, 6) is 0.498. The molecule has 0 aliphatic heterocycles. The highest BCUT2D eigenvalue weighted by atomic mass is 79.9. The predicted octanol–water partition coefficient (Wildman–Crippen LogP) is 4.11. The largest absolute Gasteiger partial charge is 0.497 e. The lowest BCUT2D eigenvalue weighted by molar-refractivity contribution is -0.111. The number of halogens is 1. The van der Waals surface area contributed by atoms with Gasteiger partial charge in [0.15, 0.2) is 0 Å². The van der Waals surface area contributed by atoms with Gasteiger partial charge in [-0.2, -0.15) is 0 Å². The van der Waals surface area contributed by atoms with E-state index in [4.69, 9.17) is 4.74 Å². The van der Waals surface area contributed by atoms with Crippen LogP contribution in [0.3, 0.4) is 0 Å². The second-order valence-corrected chi connectivity index (χ2v) is 4.93. The van der Waals surface area contributed by atoms with Gasteiger partial charge in [-0.25, -0.2) is 0 Å². The molecule has 20 heavy (non-hydrogen) atoms. The van der Waals surface area contributed by atoms with E-state index in [-0.39, 0.29) is 5.91 Å². The average Bonchev–Trinajstić information content (AvgIpc) is 2.48. The summed E-state index contributed by atoms with van der Waals surface area (Å²) in [6, 6.07) is 15.1. The molecule has 0 atom stereocenters. The molecule has 1 amide bonds. The highest BCUT2D eigenvalue weighted by Gasteiger charge is 2.04. The molecule has 0 heterocycles. The molecule has 2 rings (SSSR count). The zero-order chi connectivity index (χ0) is 14.4. The van der Waals surface area contributed by atoms with Crippen molar-refractivity contribution in [1.29, 1.82) is 0 Å². The summed E-state index contributed by atoms with van der Waals surface area (Å²) in [5, 5.41) is 2.80. The lowest BCUT2D eigenvalue weighted by Gasteiger charge is -2.07. The zero-order valence-electron chi connectivity index (χ0n) is 11.0. The van der Waals surface area contributed by atoms with E-state index in [9.17, 15) is 4.79 Å². The van der Waals surface area contributed by atoms with Gasteiger partial charge in [0, 0.05) is 16.6 Å². The number of benzene rings is 2. The molecule has 0 bridgehead atoms. The summed E-state index contributed by atoms with van der Waals surface area (Å²) < 4.78 is 5.94. The molecular formula is C16H14BrNO2. The Labute approximate surface area is 126 Å². The average molecular weight is 332 g/mol. The van der Waals surface area contributed by atoms with Crippen LogP contribution in [0, 0.1) is 0 Å². The number of rotatable bonds is 4. The summed E-state index contributed by atoms with van der Waals surface area (Å²) in [5.41, 5.74) is 1.65. The Morgan fingerprint density at radius 2 is 1.95 bits per heavy atom. The van der Waals surface area contributed by atoms with E-state index in [1.807, 2.05) is 42.5 Å². The molecule has 0 radical (unpaired) electrons. The third kappa shape index (κ3) is 3.96. The third-order valence-corrected chi connectivity index (χ3v) is 3.35. The summed E-state index contributed by atoms with van der Waals surface area (Å²) in [6.07, 6.45) is 3.27. The van der Waals surface area contributed by atoms with Crippen molar-refractivity contribution in [3.8, 4) is 5.75 Å². The first-order valence-corrected chi connectivity index (χ1v) is 6.86. The lowest BCUT2D eigenvalue weighted by Crippen LogP contribution is -2.08. The van der Waals surface area contributed by atoms with E-state index in [0.29, 0.717) is 11.4 Å². The lowest BCUT2D eigenvalue weighted by atomic mass is 10.2. The SMILES string of the molecule is COc1ccc(Br)c(NC(=O)/C=C/c2ccccc2)c1. The number of hydrogen-bond acceptors (Lipinski definition) is 2. The van der Waals surface area contributed by atoms with Crippen LogP contribution >= 0.6 is 15.9 Å². The van der Waals surface area contributed by atoms with Crippen LogP contribution in [0.4, 0.5) is 5.69 Å². The van der Waals surface area contributed by atoms with Crippen LogP contribution < -0.4 is 10.1 Å². The Bertz CT molecular complexity index is 624. The van der Waals surface area contributed by atoms with Crippen molar-refractivity contribution in [3.05, 3.63) is 64.6 Å². The standard InChI is InChI=1S/C16H14BrNO2/c1-20-13-8-9-14(17)15(11-13)18-16(19)10-7-12-5-3-2-4-6-12/h2-11H,1H3,(H,18,19)/b10-7+. The monoisotopic (exact) mass is 331 g/mol. The Morgan fingerprint density at radius 3 is 2.65 bits per heavy atom. The molecule has 4 heteroatoms. The van der Waals surface area contributed by atoms with Crippen LogP contribution in [0.2, 0.25) is 0 Å². The number of carbonyl (C=O) groups excluding carboxylic acids is 1. The van der Waals surface area contributed by atoms with E-state index in [0.717, 1.165) is 10.0 Å². The van der Waals surface area contributed by atoms with Gasteiger partial charge in [0.05, 0.1) is 12.8 Å². The van der Waals surface area contributed by atoms with Crippen LogP contribution in [-0.4, -0.2) is 13.0 Å². The van der Waals surface area contributed by atoms with Gasteiger partial charge in [0.2, 0.25) is 5.91 Å². The van der Waals surface area contributed by atoms with Crippen molar-refractivity contribution in [2.45, 2.75) is 0 Å². The molecule has 0 aliphatic rings. The van der Waals surface area contributed by atoms with Gasteiger partial charge in [-0.05, 0) is 39.7 Å². The van der Waals surface area contributed by atoms with Crippen molar-refractivity contribution in [3.63, 3.8) is 0 Å². The van der Waals surface area contributed by atoms with E-state index >= 15 is 0 Å². The van der Waals surface area contributed by atoms with Gasteiger partial charge in [-0.3, -0.25) is 4.79 Å². The van der Waals surface area contributed by atoms with Crippen molar-refractivity contribution in [2.24, 2.45) is 0 Å². The summed E-state index contributed by atoms with van der Waals surface area (Å²) in [6.45, 7) is 0. The quantitative estimate of drug-likeness (QED) is 0.856. The fourth-order valence-electron chi connectivity index (χ4n) is 1.64. The van der Waals surface area contributed by atoms with Crippen molar-refractivity contribution in [2.75, 3.05) is 12.4 Å². The van der Waals surface area contributed by atoms with Crippen molar-refractivity contribution >= 4 is 33.6 Å². The fraction of sp³-hybridized carbons (Fsp3) is 0.0625. The minimum absolute atomic E-state index is 0.192. The first kappa shape index (κ1) is 14.3. The highest BCUT2D eigenvalue weighted by Crippen LogP contribution is 2.27. The number of hydrogen-bond donors (Lipinski definition) is 1. The molecule has 2 aromatic rings. The fourth-order valence-corrected chi connectivity index (χ4v) is 1.98. The van der Waals surface area contributed by atoms with Crippen LogP contribution in [0.15, 0.2) is 59.1 Å². The molecule has 1 N–H and O–H groups in total. The number of ether oxygens (including phenoxy) is 1. The van der Waals surface area contributed by atoms with Gasteiger partial charge in [-0.15, -0.1) is 0 Å². The maximum atomic E-state index is 11.9. The van der Waals surface area contributed by atoms with Crippen LogP contribution in [0.1, 0.15) is 5.56 Å². The van der Waals surface area contributed by atoms with Crippen LogP contribution in [0.25, 0.3) is 6.08 Å². The van der Waals surface area contributed by atoms with Crippen molar-refractivity contribution < 1.29 is 9.53 Å². The Balaban J connectivity index is 2.06.